The molecule has 2 aromatic rings. The van der Waals surface area contributed by atoms with Gasteiger partial charge in [-0.1, -0.05) is 29.9 Å². The number of halogens is 1. The average Bonchev–Trinajstić information content (AvgIpc) is 2.89. The Morgan fingerprint density at radius 3 is 2.80 bits per heavy atom. The van der Waals surface area contributed by atoms with E-state index in [2.05, 4.69) is 15.5 Å². The summed E-state index contributed by atoms with van der Waals surface area (Å²) in [4.78, 5) is 12.1. The maximum atomic E-state index is 12.1. The predicted molar refractivity (Wildman–Crippen MR) is 79.9 cm³/mol. The molecule has 20 heavy (non-hydrogen) atoms. The smallest absolute Gasteiger partial charge is 0.257 e. The number of carbonyl (C=O) groups excluding carboxylic acids is 1. The summed E-state index contributed by atoms with van der Waals surface area (Å²) < 4.78 is 5.32. The number of benzene rings is 1. The van der Waals surface area contributed by atoms with Crippen molar-refractivity contribution in [3.8, 4) is 5.75 Å². The van der Waals surface area contributed by atoms with E-state index < -0.39 is 0 Å². The Balaban J connectivity index is 2.10. The SMILES string of the molecule is CCOc1ccc(C(=O)Nc2nnc(CC)s2)cc1Cl. The molecule has 0 aliphatic carbocycles. The zero-order valence-corrected chi connectivity index (χ0v) is 12.7. The van der Waals surface area contributed by atoms with E-state index in [0.717, 1.165) is 11.4 Å². The van der Waals surface area contributed by atoms with Crippen LogP contribution in [0.4, 0.5) is 5.13 Å². The first-order valence-corrected chi connectivity index (χ1v) is 7.39. The summed E-state index contributed by atoms with van der Waals surface area (Å²) in [6, 6.07) is 4.91. The van der Waals surface area contributed by atoms with Crippen LogP contribution >= 0.6 is 22.9 Å². The molecule has 0 aliphatic rings. The second-order valence-corrected chi connectivity index (χ2v) is 5.36. The first kappa shape index (κ1) is 14.7. The normalized spacial score (nSPS) is 10.3. The molecule has 1 heterocycles. The van der Waals surface area contributed by atoms with E-state index in [0.29, 0.717) is 28.1 Å². The van der Waals surface area contributed by atoms with E-state index in [4.69, 9.17) is 16.3 Å². The molecule has 0 saturated heterocycles. The van der Waals surface area contributed by atoms with Gasteiger partial charge in [-0.15, -0.1) is 10.2 Å². The third-order valence-corrected chi connectivity index (χ3v) is 3.76. The zero-order valence-electron chi connectivity index (χ0n) is 11.1. The van der Waals surface area contributed by atoms with Crippen LogP contribution in [0.25, 0.3) is 0 Å². The van der Waals surface area contributed by atoms with E-state index in [1.807, 2.05) is 13.8 Å². The van der Waals surface area contributed by atoms with Crippen molar-refractivity contribution in [1.29, 1.82) is 0 Å². The number of ether oxygens (including phenoxy) is 1. The second kappa shape index (κ2) is 6.67. The first-order chi connectivity index (χ1) is 9.63. The molecule has 1 N–H and O–H groups in total. The maximum absolute atomic E-state index is 12.1. The molecule has 0 aliphatic heterocycles. The molecular weight excluding hydrogens is 298 g/mol. The quantitative estimate of drug-likeness (QED) is 0.919. The molecule has 5 nitrogen and oxygen atoms in total. The summed E-state index contributed by atoms with van der Waals surface area (Å²) in [5, 5.41) is 12.3. The highest BCUT2D eigenvalue weighted by Gasteiger charge is 2.12. The molecule has 1 amide bonds. The van der Waals surface area contributed by atoms with Gasteiger partial charge in [0, 0.05) is 5.56 Å². The molecule has 0 atom stereocenters. The fourth-order valence-electron chi connectivity index (χ4n) is 1.53. The zero-order chi connectivity index (χ0) is 14.5. The number of aromatic nitrogens is 2. The fraction of sp³-hybridized carbons (Fsp3) is 0.308. The van der Waals surface area contributed by atoms with Gasteiger partial charge in [-0.3, -0.25) is 10.1 Å². The lowest BCUT2D eigenvalue weighted by molar-refractivity contribution is 0.102. The number of rotatable bonds is 5. The Bertz CT molecular complexity index is 615. The van der Waals surface area contributed by atoms with Crippen molar-refractivity contribution in [3.05, 3.63) is 33.8 Å². The molecule has 0 bridgehead atoms. The molecule has 2 rings (SSSR count). The molecule has 0 saturated carbocycles. The molecule has 1 aromatic heterocycles. The summed E-state index contributed by atoms with van der Waals surface area (Å²) >= 11 is 7.41. The Morgan fingerprint density at radius 2 is 2.20 bits per heavy atom. The number of carbonyl (C=O) groups is 1. The van der Waals surface area contributed by atoms with Crippen LogP contribution in [0.5, 0.6) is 5.75 Å². The van der Waals surface area contributed by atoms with Gasteiger partial charge in [0.1, 0.15) is 10.8 Å². The Kier molecular flexibility index (Phi) is 4.92. The number of hydrogen-bond acceptors (Lipinski definition) is 5. The van der Waals surface area contributed by atoms with Crippen LogP contribution in [0, 0.1) is 0 Å². The summed E-state index contributed by atoms with van der Waals surface area (Å²) in [6.45, 7) is 4.38. The first-order valence-electron chi connectivity index (χ1n) is 6.20. The maximum Gasteiger partial charge on any atom is 0.257 e. The van der Waals surface area contributed by atoms with Crippen molar-refractivity contribution < 1.29 is 9.53 Å². The fourth-order valence-corrected chi connectivity index (χ4v) is 2.44. The third-order valence-electron chi connectivity index (χ3n) is 2.48. The van der Waals surface area contributed by atoms with Crippen LogP contribution in [0.3, 0.4) is 0 Å². The minimum atomic E-state index is -0.270. The molecular formula is C13H14ClN3O2S. The lowest BCUT2D eigenvalue weighted by atomic mass is 10.2. The lowest BCUT2D eigenvalue weighted by Gasteiger charge is -2.07. The minimum Gasteiger partial charge on any atom is -0.492 e. The number of anilines is 1. The standard InChI is InChI=1S/C13H14ClN3O2S/c1-3-11-16-17-13(20-11)15-12(18)8-5-6-10(19-4-2)9(14)7-8/h5-7H,3-4H2,1-2H3,(H,15,17,18). The number of nitrogens with one attached hydrogen (secondary N) is 1. The summed E-state index contributed by atoms with van der Waals surface area (Å²) in [5.74, 6) is 0.295. The highest BCUT2D eigenvalue weighted by Crippen LogP contribution is 2.26. The molecule has 0 unspecified atom stereocenters. The lowest BCUT2D eigenvalue weighted by Crippen LogP contribution is -2.11. The van der Waals surface area contributed by atoms with Crippen molar-refractivity contribution >= 4 is 34.0 Å². The van der Waals surface area contributed by atoms with Crippen molar-refractivity contribution in [3.63, 3.8) is 0 Å². The third kappa shape index (κ3) is 3.46. The largest absolute Gasteiger partial charge is 0.492 e. The molecule has 7 heteroatoms. The topological polar surface area (TPSA) is 64.1 Å². The Labute approximate surface area is 125 Å². The van der Waals surface area contributed by atoms with E-state index in [1.54, 1.807) is 18.2 Å². The number of amides is 1. The van der Waals surface area contributed by atoms with Crippen molar-refractivity contribution in [1.82, 2.24) is 10.2 Å². The van der Waals surface area contributed by atoms with Crippen LogP contribution in [0.1, 0.15) is 29.2 Å². The van der Waals surface area contributed by atoms with E-state index in [-0.39, 0.29) is 5.91 Å². The Hall–Kier alpha value is -1.66. The van der Waals surface area contributed by atoms with Gasteiger partial charge in [-0.05, 0) is 31.5 Å². The molecule has 0 spiro atoms. The van der Waals surface area contributed by atoms with E-state index >= 15 is 0 Å². The number of aryl methyl sites for hydroxylation is 1. The molecule has 0 fully saturated rings. The summed E-state index contributed by atoms with van der Waals surface area (Å²) in [5.41, 5.74) is 0.451. The second-order valence-electron chi connectivity index (χ2n) is 3.89. The molecule has 106 valence electrons. The van der Waals surface area contributed by atoms with E-state index in [9.17, 15) is 4.79 Å². The van der Waals surface area contributed by atoms with Gasteiger partial charge in [0.05, 0.1) is 11.6 Å². The predicted octanol–water partition coefficient (Wildman–Crippen LogP) is 3.40. The number of nitrogens with zero attached hydrogens (tertiary/aromatic N) is 2. The van der Waals surface area contributed by atoms with Crippen molar-refractivity contribution in [2.45, 2.75) is 20.3 Å². The van der Waals surface area contributed by atoms with Gasteiger partial charge in [-0.25, -0.2) is 0 Å². The average molecular weight is 312 g/mol. The number of hydrogen-bond donors (Lipinski definition) is 1. The van der Waals surface area contributed by atoms with Crippen LogP contribution in [-0.2, 0) is 6.42 Å². The van der Waals surface area contributed by atoms with Crippen LogP contribution < -0.4 is 10.1 Å². The Morgan fingerprint density at radius 1 is 1.40 bits per heavy atom. The van der Waals surface area contributed by atoms with Crippen LogP contribution in [0.2, 0.25) is 5.02 Å². The minimum absolute atomic E-state index is 0.270. The highest BCUT2D eigenvalue weighted by molar-refractivity contribution is 7.15. The monoisotopic (exact) mass is 311 g/mol. The molecule has 0 radical (unpaired) electrons. The summed E-state index contributed by atoms with van der Waals surface area (Å²) in [6.07, 6.45) is 0.794. The van der Waals surface area contributed by atoms with Crippen molar-refractivity contribution in [2.24, 2.45) is 0 Å². The van der Waals surface area contributed by atoms with Gasteiger partial charge >= 0.3 is 0 Å². The molecule has 1 aromatic carbocycles. The van der Waals surface area contributed by atoms with Gasteiger partial charge in [-0.2, -0.15) is 0 Å². The van der Waals surface area contributed by atoms with Crippen molar-refractivity contribution in [2.75, 3.05) is 11.9 Å². The summed E-state index contributed by atoms with van der Waals surface area (Å²) in [7, 11) is 0. The van der Waals surface area contributed by atoms with E-state index in [1.165, 1.54) is 11.3 Å². The van der Waals surface area contributed by atoms with Gasteiger partial charge < -0.3 is 4.74 Å². The van der Waals surface area contributed by atoms with Crippen LogP contribution in [0.15, 0.2) is 18.2 Å². The van der Waals surface area contributed by atoms with Gasteiger partial charge in [0.2, 0.25) is 5.13 Å². The highest BCUT2D eigenvalue weighted by atomic mass is 35.5. The van der Waals surface area contributed by atoms with Gasteiger partial charge in [0.25, 0.3) is 5.91 Å². The van der Waals surface area contributed by atoms with Crippen LogP contribution in [-0.4, -0.2) is 22.7 Å². The van der Waals surface area contributed by atoms with Gasteiger partial charge in [0.15, 0.2) is 0 Å².